The molecule has 0 saturated carbocycles. The number of amides is 1. The fourth-order valence-electron chi connectivity index (χ4n) is 2.68. The Labute approximate surface area is 107 Å². The number of carbonyl (C=O) groups is 1. The molecule has 2 N–H and O–H groups in total. The van der Waals surface area contributed by atoms with Gasteiger partial charge in [-0.2, -0.15) is 0 Å². The summed E-state index contributed by atoms with van der Waals surface area (Å²) in [6, 6.07) is 5.52. The number of benzene rings is 1. The van der Waals surface area contributed by atoms with Crippen LogP contribution < -0.4 is 0 Å². The summed E-state index contributed by atoms with van der Waals surface area (Å²) in [7, 11) is 0. The van der Waals surface area contributed by atoms with E-state index < -0.39 is 6.09 Å². The minimum atomic E-state index is -0.824. The van der Waals surface area contributed by atoms with Crippen molar-refractivity contribution in [2.75, 3.05) is 13.1 Å². The van der Waals surface area contributed by atoms with Crippen molar-refractivity contribution >= 4 is 6.09 Å². The first-order chi connectivity index (χ1) is 8.61. The average molecular weight is 249 g/mol. The van der Waals surface area contributed by atoms with Crippen LogP contribution in [0.2, 0.25) is 0 Å². The zero-order chi connectivity index (χ0) is 13.1. The van der Waals surface area contributed by atoms with Crippen LogP contribution in [0.1, 0.15) is 36.8 Å². The second-order valence-electron chi connectivity index (χ2n) is 4.78. The van der Waals surface area contributed by atoms with E-state index in [1.54, 1.807) is 6.07 Å². The molecule has 0 radical (unpaired) electrons. The Hall–Kier alpha value is -1.71. The number of rotatable bonds is 2. The predicted octanol–water partition coefficient (Wildman–Crippen LogP) is 2.81. The predicted molar refractivity (Wildman–Crippen MR) is 69.1 cm³/mol. The molecular weight excluding hydrogens is 230 g/mol. The van der Waals surface area contributed by atoms with Gasteiger partial charge in [0.15, 0.2) is 0 Å². The van der Waals surface area contributed by atoms with Gasteiger partial charge in [0.05, 0.1) is 0 Å². The summed E-state index contributed by atoms with van der Waals surface area (Å²) in [5, 5.41) is 18.4. The summed E-state index contributed by atoms with van der Waals surface area (Å²) >= 11 is 0. The molecular formula is C14H19NO3. The van der Waals surface area contributed by atoms with Crippen molar-refractivity contribution in [1.29, 1.82) is 0 Å². The maximum atomic E-state index is 10.9. The summed E-state index contributed by atoms with van der Waals surface area (Å²) in [5.41, 5.74) is 2.43. The van der Waals surface area contributed by atoms with Gasteiger partial charge in [-0.05, 0) is 48.4 Å². The number of aromatic hydroxyl groups is 1. The maximum absolute atomic E-state index is 10.9. The lowest BCUT2D eigenvalue weighted by Gasteiger charge is -2.31. The summed E-state index contributed by atoms with van der Waals surface area (Å²) in [6.45, 7) is 3.28. The molecule has 4 heteroatoms. The minimum absolute atomic E-state index is 0.304. The van der Waals surface area contributed by atoms with E-state index in [-0.39, 0.29) is 0 Å². The topological polar surface area (TPSA) is 60.8 Å². The molecule has 0 aromatic heterocycles. The van der Waals surface area contributed by atoms with Gasteiger partial charge in [0.2, 0.25) is 0 Å². The molecule has 1 fully saturated rings. The first-order valence-electron chi connectivity index (χ1n) is 6.41. The highest BCUT2D eigenvalue weighted by atomic mass is 16.4. The third-order valence-corrected chi connectivity index (χ3v) is 3.71. The van der Waals surface area contributed by atoms with Crippen LogP contribution in [0.3, 0.4) is 0 Å². The van der Waals surface area contributed by atoms with Crippen LogP contribution in [0.15, 0.2) is 18.2 Å². The first kappa shape index (κ1) is 12.7. The molecule has 1 aliphatic heterocycles. The van der Waals surface area contributed by atoms with Crippen LogP contribution in [0.4, 0.5) is 4.79 Å². The number of carboxylic acid groups (broad SMARTS) is 1. The fourth-order valence-corrected chi connectivity index (χ4v) is 2.68. The number of piperidine rings is 1. The van der Waals surface area contributed by atoms with Crippen LogP contribution >= 0.6 is 0 Å². The third-order valence-electron chi connectivity index (χ3n) is 3.71. The van der Waals surface area contributed by atoms with Crippen LogP contribution in [0.5, 0.6) is 5.75 Å². The first-order valence-corrected chi connectivity index (χ1v) is 6.41. The molecule has 0 spiro atoms. The Kier molecular flexibility index (Phi) is 3.75. The number of phenols is 1. The molecule has 98 valence electrons. The van der Waals surface area contributed by atoms with E-state index in [1.807, 2.05) is 12.1 Å². The SMILES string of the molecule is CCc1cc(O)ccc1C1CCN(C(=O)O)CC1. The molecule has 1 amide bonds. The van der Waals surface area contributed by atoms with E-state index in [2.05, 4.69) is 6.92 Å². The second kappa shape index (κ2) is 5.29. The van der Waals surface area contributed by atoms with Gasteiger partial charge in [-0.15, -0.1) is 0 Å². The minimum Gasteiger partial charge on any atom is -0.508 e. The number of hydrogen-bond acceptors (Lipinski definition) is 2. The Bertz CT molecular complexity index is 437. The Morgan fingerprint density at radius 3 is 2.61 bits per heavy atom. The zero-order valence-corrected chi connectivity index (χ0v) is 10.6. The third kappa shape index (κ3) is 2.58. The maximum Gasteiger partial charge on any atom is 0.407 e. The lowest BCUT2D eigenvalue weighted by Crippen LogP contribution is -2.36. The molecule has 1 saturated heterocycles. The summed E-state index contributed by atoms with van der Waals surface area (Å²) < 4.78 is 0. The van der Waals surface area contributed by atoms with Gasteiger partial charge in [-0.3, -0.25) is 0 Å². The molecule has 1 aromatic carbocycles. The summed E-state index contributed by atoms with van der Waals surface area (Å²) in [4.78, 5) is 12.3. The molecule has 0 unspecified atom stereocenters. The van der Waals surface area contributed by atoms with Crippen molar-refractivity contribution in [3.63, 3.8) is 0 Å². The van der Waals surface area contributed by atoms with Crippen molar-refractivity contribution in [1.82, 2.24) is 4.90 Å². The van der Waals surface area contributed by atoms with Gasteiger partial charge < -0.3 is 15.1 Å². The quantitative estimate of drug-likeness (QED) is 0.847. The summed E-state index contributed by atoms with van der Waals surface area (Å²) in [6.07, 6.45) is 1.80. The van der Waals surface area contributed by atoms with Crippen LogP contribution in [-0.2, 0) is 6.42 Å². The lowest BCUT2D eigenvalue weighted by atomic mass is 9.86. The standard InChI is InChI=1S/C14H19NO3/c1-2-10-9-12(16)3-4-13(10)11-5-7-15(8-6-11)14(17)18/h3-4,9,11,16H,2,5-8H2,1H3,(H,17,18). The van der Waals surface area contributed by atoms with Gasteiger partial charge in [0.25, 0.3) is 0 Å². The highest BCUT2D eigenvalue weighted by molar-refractivity contribution is 5.65. The van der Waals surface area contributed by atoms with Crippen molar-refractivity contribution in [2.45, 2.75) is 32.1 Å². The average Bonchev–Trinajstić information content (AvgIpc) is 2.38. The molecule has 0 aliphatic carbocycles. The lowest BCUT2D eigenvalue weighted by molar-refractivity contribution is 0.132. The molecule has 0 bridgehead atoms. The molecule has 1 aliphatic rings. The number of hydrogen-bond donors (Lipinski definition) is 2. The largest absolute Gasteiger partial charge is 0.508 e. The van der Waals surface area contributed by atoms with Crippen molar-refractivity contribution in [3.8, 4) is 5.75 Å². The molecule has 0 atom stereocenters. The summed E-state index contributed by atoms with van der Waals surface area (Å²) in [5.74, 6) is 0.717. The fraction of sp³-hybridized carbons (Fsp3) is 0.500. The van der Waals surface area contributed by atoms with Gasteiger partial charge in [0, 0.05) is 13.1 Å². The number of likely N-dealkylation sites (tertiary alicyclic amines) is 1. The molecule has 2 rings (SSSR count). The Balaban J connectivity index is 2.12. The normalized spacial score (nSPS) is 16.8. The van der Waals surface area contributed by atoms with E-state index in [9.17, 15) is 9.90 Å². The van der Waals surface area contributed by atoms with Gasteiger partial charge >= 0.3 is 6.09 Å². The smallest absolute Gasteiger partial charge is 0.407 e. The highest BCUT2D eigenvalue weighted by Gasteiger charge is 2.24. The zero-order valence-electron chi connectivity index (χ0n) is 10.6. The Morgan fingerprint density at radius 2 is 2.06 bits per heavy atom. The molecule has 1 aromatic rings. The molecule has 4 nitrogen and oxygen atoms in total. The van der Waals surface area contributed by atoms with E-state index in [0.717, 1.165) is 19.3 Å². The highest BCUT2D eigenvalue weighted by Crippen LogP contribution is 2.32. The number of nitrogens with zero attached hydrogens (tertiary/aromatic N) is 1. The van der Waals surface area contributed by atoms with Crippen LogP contribution in [0, 0.1) is 0 Å². The Morgan fingerprint density at radius 1 is 1.39 bits per heavy atom. The van der Waals surface area contributed by atoms with Crippen molar-refractivity contribution < 1.29 is 15.0 Å². The second-order valence-corrected chi connectivity index (χ2v) is 4.78. The van der Waals surface area contributed by atoms with E-state index in [1.165, 1.54) is 16.0 Å². The van der Waals surface area contributed by atoms with Crippen molar-refractivity contribution in [2.24, 2.45) is 0 Å². The monoisotopic (exact) mass is 249 g/mol. The van der Waals surface area contributed by atoms with E-state index in [0.29, 0.717) is 24.8 Å². The van der Waals surface area contributed by atoms with Crippen molar-refractivity contribution in [3.05, 3.63) is 29.3 Å². The van der Waals surface area contributed by atoms with Crippen LogP contribution in [-0.4, -0.2) is 34.3 Å². The number of aryl methyl sites for hydroxylation is 1. The van der Waals surface area contributed by atoms with Gasteiger partial charge in [0.1, 0.15) is 5.75 Å². The van der Waals surface area contributed by atoms with Crippen LogP contribution in [0.25, 0.3) is 0 Å². The molecule has 18 heavy (non-hydrogen) atoms. The number of phenolic OH excluding ortho intramolecular Hbond substituents is 1. The van der Waals surface area contributed by atoms with Gasteiger partial charge in [-0.25, -0.2) is 4.79 Å². The van der Waals surface area contributed by atoms with E-state index in [4.69, 9.17) is 5.11 Å². The van der Waals surface area contributed by atoms with E-state index >= 15 is 0 Å². The molecule has 1 heterocycles. The van der Waals surface area contributed by atoms with Gasteiger partial charge in [-0.1, -0.05) is 13.0 Å².